The van der Waals surface area contributed by atoms with Crippen molar-refractivity contribution in [2.24, 2.45) is 0 Å². The van der Waals surface area contributed by atoms with E-state index in [0.717, 1.165) is 23.1 Å². The van der Waals surface area contributed by atoms with Crippen molar-refractivity contribution in [3.63, 3.8) is 0 Å². The van der Waals surface area contributed by atoms with E-state index in [4.69, 9.17) is 4.74 Å². The van der Waals surface area contributed by atoms with Crippen LogP contribution in [0.15, 0.2) is 48.5 Å². The third kappa shape index (κ3) is 3.49. The van der Waals surface area contributed by atoms with Crippen molar-refractivity contribution >= 4 is 38.6 Å². The zero-order valence-corrected chi connectivity index (χ0v) is 15.9. The number of ether oxygens (including phenoxy) is 1. The molecule has 1 N–H and O–H groups in total. The number of carbonyl (C=O) groups is 2. The van der Waals surface area contributed by atoms with E-state index in [-0.39, 0.29) is 0 Å². The zero-order chi connectivity index (χ0) is 19.6. The number of benzene rings is 2. The molecule has 4 rings (SSSR count). The van der Waals surface area contributed by atoms with E-state index in [1.165, 1.54) is 17.4 Å². The van der Waals surface area contributed by atoms with Crippen LogP contribution in [0.5, 0.6) is 0 Å². The van der Waals surface area contributed by atoms with Gasteiger partial charge in [0.2, 0.25) is 0 Å². The molecule has 0 unspecified atom stereocenters. The van der Waals surface area contributed by atoms with Gasteiger partial charge in [-0.15, -0.1) is 0 Å². The number of para-hydroxylation sites is 1. The van der Waals surface area contributed by atoms with Crippen molar-refractivity contribution < 1.29 is 18.7 Å². The normalized spacial score (nSPS) is 15.5. The average molecular weight is 398 g/mol. The zero-order valence-electron chi connectivity index (χ0n) is 15.1. The molecule has 144 valence electrons. The largest absolute Gasteiger partial charge is 0.455 e. The minimum Gasteiger partial charge on any atom is -0.455 e. The first-order valence-electron chi connectivity index (χ1n) is 9.16. The Morgan fingerprint density at radius 3 is 2.57 bits per heavy atom. The second-order valence-electron chi connectivity index (χ2n) is 6.88. The predicted octanol–water partition coefficient (Wildman–Crippen LogP) is 4.43. The van der Waals surface area contributed by atoms with Crippen LogP contribution in [-0.2, 0) is 19.7 Å². The summed E-state index contributed by atoms with van der Waals surface area (Å²) in [5.41, 5.74) is 0.134. The number of anilines is 1. The number of esters is 1. The summed E-state index contributed by atoms with van der Waals surface area (Å²) < 4.78 is 20.6. The van der Waals surface area contributed by atoms with E-state index in [9.17, 15) is 14.0 Å². The van der Waals surface area contributed by atoms with Crippen LogP contribution in [0.3, 0.4) is 0 Å². The summed E-state index contributed by atoms with van der Waals surface area (Å²) in [7, 11) is 0. The fourth-order valence-electron chi connectivity index (χ4n) is 3.76. The van der Waals surface area contributed by atoms with Crippen LogP contribution < -0.4 is 5.32 Å². The minimum absolute atomic E-state index is 0.351. The van der Waals surface area contributed by atoms with Crippen molar-refractivity contribution in [3.05, 3.63) is 59.9 Å². The molecule has 0 saturated heterocycles. The number of fused-ring (bicyclic) bond motifs is 1. The molecule has 0 spiro atoms. The Kier molecular flexibility index (Phi) is 5.09. The Morgan fingerprint density at radius 1 is 1.11 bits per heavy atom. The fourth-order valence-corrected chi connectivity index (χ4v) is 4.64. The first kappa shape index (κ1) is 18.6. The minimum atomic E-state index is -1.01. The lowest BCUT2D eigenvalue weighted by atomic mass is 9.78. The Bertz CT molecular complexity index is 994. The smallest absolute Gasteiger partial charge is 0.317 e. The molecule has 0 aliphatic heterocycles. The molecule has 2 aromatic carbocycles. The first-order chi connectivity index (χ1) is 13.6. The van der Waals surface area contributed by atoms with Crippen LogP contribution >= 0.6 is 11.3 Å². The number of hydrogen-bond acceptors (Lipinski definition) is 5. The third-order valence-electron chi connectivity index (χ3n) is 5.11. The van der Waals surface area contributed by atoms with Gasteiger partial charge >= 0.3 is 5.97 Å². The predicted molar refractivity (Wildman–Crippen MR) is 106 cm³/mol. The Labute approximate surface area is 165 Å². The number of halogens is 1. The van der Waals surface area contributed by atoms with Crippen molar-refractivity contribution in [2.75, 3.05) is 11.9 Å². The molecule has 0 bridgehead atoms. The summed E-state index contributed by atoms with van der Waals surface area (Å²) in [6, 6.07) is 13.8. The van der Waals surface area contributed by atoms with Gasteiger partial charge in [0.25, 0.3) is 5.91 Å². The maximum Gasteiger partial charge on any atom is 0.317 e. The quantitative estimate of drug-likeness (QED) is 0.646. The molecule has 7 heteroatoms. The van der Waals surface area contributed by atoms with Crippen LogP contribution in [0.25, 0.3) is 10.2 Å². The summed E-state index contributed by atoms with van der Waals surface area (Å²) in [5.74, 6) is -1.43. The van der Waals surface area contributed by atoms with E-state index >= 15 is 0 Å². The fraction of sp³-hybridized carbons (Fsp3) is 0.286. The Balaban J connectivity index is 1.43. The number of amides is 1. The summed E-state index contributed by atoms with van der Waals surface area (Å²) in [6.45, 7) is -0.426. The number of nitrogens with one attached hydrogen (secondary N) is 1. The SMILES string of the molecule is O=C(COC(=O)C1(c2ccccc2F)CCCC1)Nc1nc2ccccc2s1. The number of nitrogens with zero attached hydrogens (tertiary/aromatic N) is 1. The van der Waals surface area contributed by atoms with Crippen LogP contribution in [0, 0.1) is 5.82 Å². The first-order valence-corrected chi connectivity index (χ1v) is 9.98. The molecule has 5 nitrogen and oxygen atoms in total. The summed E-state index contributed by atoms with van der Waals surface area (Å²) in [5, 5.41) is 3.11. The van der Waals surface area contributed by atoms with Gasteiger partial charge in [0.15, 0.2) is 11.7 Å². The molecule has 0 atom stereocenters. The van der Waals surface area contributed by atoms with E-state index in [1.807, 2.05) is 24.3 Å². The van der Waals surface area contributed by atoms with E-state index < -0.39 is 29.7 Å². The summed E-state index contributed by atoms with van der Waals surface area (Å²) >= 11 is 1.35. The highest BCUT2D eigenvalue weighted by Crippen LogP contribution is 2.43. The summed E-state index contributed by atoms with van der Waals surface area (Å²) in [6.07, 6.45) is 2.68. The lowest BCUT2D eigenvalue weighted by Crippen LogP contribution is -2.37. The third-order valence-corrected chi connectivity index (χ3v) is 6.06. The molecule has 3 aromatic rings. The number of thiazole rings is 1. The van der Waals surface area contributed by atoms with Gasteiger partial charge in [0.05, 0.1) is 15.6 Å². The van der Waals surface area contributed by atoms with E-state index in [2.05, 4.69) is 10.3 Å². The molecule has 1 saturated carbocycles. The molecule has 1 fully saturated rings. The van der Waals surface area contributed by atoms with Gasteiger partial charge in [-0.05, 0) is 31.0 Å². The maximum atomic E-state index is 14.3. The monoisotopic (exact) mass is 398 g/mol. The lowest BCUT2D eigenvalue weighted by molar-refractivity contribution is -0.153. The molecule has 1 aliphatic rings. The average Bonchev–Trinajstić information content (AvgIpc) is 3.33. The molecular weight excluding hydrogens is 379 g/mol. The molecule has 1 amide bonds. The lowest BCUT2D eigenvalue weighted by Gasteiger charge is -2.27. The number of rotatable bonds is 5. The van der Waals surface area contributed by atoms with Crippen LogP contribution in [-0.4, -0.2) is 23.5 Å². The van der Waals surface area contributed by atoms with Gasteiger partial charge in [-0.3, -0.25) is 14.9 Å². The molecule has 0 radical (unpaired) electrons. The van der Waals surface area contributed by atoms with Gasteiger partial charge in [-0.25, -0.2) is 9.37 Å². The topological polar surface area (TPSA) is 68.3 Å². The Morgan fingerprint density at radius 2 is 1.82 bits per heavy atom. The van der Waals surface area contributed by atoms with E-state index in [0.29, 0.717) is 23.5 Å². The molecule has 28 heavy (non-hydrogen) atoms. The maximum absolute atomic E-state index is 14.3. The van der Waals surface area contributed by atoms with Gasteiger partial charge in [0, 0.05) is 5.56 Å². The standard InChI is InChI=1S/C21H19FN2O3S/c22-15-8-2-1-7-14(15)21(11-5-6-12-21)19(26)27-13-18(25)24-20-23-16-9-3-4-10-17(16)28-20/h1-4,7-10H,5-6,11-13H2,(H,23,24,25). The van der Waals surface area contributed by atoms with Crippen molar-refractivity contribution in [3.8, 4) is 0 Å². The van der Waals surface area contributed by atoms with Crippen LogP contribution in [0.1, 0.15) is 31.2 Å². The molecule has 1 aliphatic carbocycles. The highest BCUT2D eigenvalue weighted by molar-refractivity contribution is 7.22. The van der Waals surface area contributed by atoms with Gasteiger partial charge in [-0.1, -0.05) is 54.5 Å². The van der Waals surface area contributed by atoms with Crippen LogP contribution in [0.2, 0.25) is 0 Å². The number of carbonyl (C=O) groups excluding carboxylic acids is 2. The molecule has 1 aromatic heterocycles. The van der Waals surface area contributed by atoms with E-state index in [1.54, 1.807) is 18.2 Å². The number of hydrogen-bond donors (Lipinski definition) is 1. The second-order valence-corrected chi connectivity index (χ2v) is 7.91. The van der Waals surface area contributed by atoms with Gasteiger partial charge in [0.1, 0.15) is 5.82 Å². The summed E-state index contributed by atoms with van der Waals surface area (Å²) in [4.78, 5) is 29.4. The van der Waals surface area contributed by atoms with Crippen molar-refractivity contribution in [2.45, 2.75) is 31.1 Å². The van der Waals surface area contributed by atoms with Gasteiger partial charge in [-0.2, -0.15) is 0 Å². The Hall–Kier alpha value is -2.80. The number of aromatic nitrogens is 1. The highest BCUT2D eigenvalue weighted by atomic mass is 32.1. The molecular formula is C21H19FN2O3S. The highest BCUT2D eigenvalue weighted by Gasteiger charge is 2.45. The van der Waals surface area contributed by atoms with Gasteiger partial charge < -0.3 is 4.74 Å². The van der Waals surface area contributed by atoms with Crippen molar-refractivity contribution in [1.82, 2.24) is 4.98 Å². The molecule has 1 heterocycles. The van der Waals surface area contributed by atoms with Crippen LogP contribution in [0.4, 0.5) is 9.52 Å². The van der Waals surface area contributed by atoms with Crippen molar-refractivity contribution in [1.29, 1.82) is 0 Å². The second kappa shape index (κ2) is 7.67.